The third-order valence-corrected chi connectivity index (χ3v) is 4.94. The van der Waals surface area contributed by atoms with Crippen LogP contribution in [0.25, 0.3) is 0 Å². The van der Waals surface area contributed by atoms with E-state index in [0.717, 1.165) is 0 Å². The maximum atomic E-state index is 11.8. The second kappa shape index (κ2) is 5.59. The highest BCUT2D eigenvalue weighted by Crippen LogP contribution is 2.27. The fourth-order valence-electron chi connectivity index (χ4n) is 1.49. The zero-order valence-electron chi connectivity index (χ0n) is 10.5. The molecular weight excluding hydrogens is 300 g/mol. The number of nitrogens with zero attached hydrogens (tertiary/aromatic N) is 1. The van der Waals surface area contributed by atoms with Crippen LogP contribution in [0.4, 0.5) is 5.69 Å². The van der Waals surface area contributed by atoms with E-state index in [2.05, 4.69) is 10.3 Å². The van der Waals surface area contributed by atoms with Gasteiger partial charge in [0, 0.05) is 5.38 Å². The van der Waals surface area contributed by atoms with E-state index in [1.807, 2.05) is 0 Å². The molecule has 2 N–H and O–H groups in total. The van der Waals surface area contributed by atoms with Crippen molar-refractivity contribution in [1.29, 1.82) is 0 Å². The van der Waals surface area contributed by atoms with Gasteiger partial charge < -0.3 is 10.4 Å². The van der Waals surface area contributed by atoms with Gasteiger partial charge in [-0.2, -0.15) is 0 Å². The number of rotatable bonds is 4. The molecule has 0 aliphatic carbocycles. The van der Waals surface area contributed by atoms with E-state index in [9.17, 15) is 18.3 Å². The molecule has 2 aromatic rings. The molecule has 0 saturated heterocycles. The largest absolute Gasteiger partial charge is 0.506 e. The van der Waals surface area contributed by atoms with Gasteiger partial charge in [0.1, 0.15) is 11.4 Å². The van der Waals surface area contributed by atoms with Crippen molar-refractivity contribution in [1.82, 2.24) is 4.98 Å². The van der Waals surface area contributed by atoms with E-state index in [-0.39, 0.29) is 27.8 Å². The van der Waals surface area contributed by atoms with Gasteiger partial charge in [0.15, 0.2) is 9.84 Å². The van der Waals surface area contributed by atoms with Crippen LogP contribution in [0.15, 0.2) is 34.0 Å². The van der Waals surface area contributed by atoms with Crippen molar-refractivity contribution in [3.8, 4) is 5.75 Å². The third-order valence-electron chi connectivity index (χ3n) is 2.62. The summed E-state index contributed by atoms with van der Waals surface area (Å²) in [5.41, 5.74) is 1.75. The molecule has 0 unspecified atom stereocenters. The Morgan fingerprint density at radius 1 is 1.45 bits per heavy atom. The summed E-state index contributed by atoms with van der Waals surface area (Å²) in [4.78, 5) is 15.7. The number of carbonyl (C=O) groups is 1. The van der Waals surface area contributed by atoms with Gasteiger partial charge in [-0.3, -0.25) is 4.79 Å². The molecule has 0 fully saturated rings. The van der Waals surface area contributed by atoms with Crippen LogP contribution in [0.1, 0.15) is 17.4 Å². The summed E-state index contributed by atoms with van der Waals surface area (Å²) in [5.74, 6) is -0.770. The lowest BCUT2D eigenvalue weighted by Gasteiger charge is -2.08. The first-order valence-electron chi connectivity index (χ1n) is 5.69. The molecule has 1 aromatic heterocycles. The number of anilines is 1. The normalized spacial score (nSPS) is 11.2. The molecular formula is C12H12N2O4S2. The lowest BCUT2D eigenvalue weighted by molar-refractivity contribution is 0.102. The predicted octanol–water partition coefficient (Wildman–Crippen LogP) is 1.89. The number of phenols is 1. The second-order valence-corrected chi connectivity index (χ2v) is 6.91. The van der Waals surface area contributed by atoms with Gasteiger partial charge in [-0.25, -0.2) is 13.4 Å². The molecule has 0 radical (unpaired) electrons. The van der Waals surface area contributed by atoms with Crippen molar-refractivity contribution in [2.75, 3.05) is 11.1 Å². The first-order chi connectivity index (χ1) is 9.44. The number of phenolic OH excluding ortho intramolecular Hbond substituents is 1. The number of benzene rings is 1. The van der Waals surface area contributed by atoms with Crippen molar-refractivity contribution in [2.45, 2.75) is 11.8 Å². The number of thiazole rings is 1. The predicted molar refractivity (Wildman–Crippen MR) is 75.9 cm³/mol. The van der Waals surface area contributed by atoms with Crippen molar-refractivity contribution in [3.63, 3.8) is 0 Å². The summed E-state index contributed by atoms with van der Waals surface area (Å²) < 4.78 is 23.5. The topological polar surface area (TPSA) is 96.4 Å². The van der Waals surface area contributed by atoms with Gasteiger partial charge in [-0.05, 0) is 18.2 Å². The maximum absolute atomic E-state index is 11.8. The molecule has 8 heteroatoms. The molecule has 20 heavy (non-hydrogen) atoms. The molecule has 106 valence electrons. The average molecular weight is 312 g/mol. The second-order valence-electron chi connectivity index (χ2n) is 3.91. The summed E-state index contributed by atoms with van der Waals surface area (Å²) in [7, 11) is -3.40. The number of amides is 1. The minimum absolute atomic E-state index is 0.0394. The third kappa shape index (κ3) is 2.97. The highest BCUT2D eigenvalue weighted by molar-refractivity contribution is 7.91. The minimum atomic E-state index is -3.40. The number of nitrogens with one attached hydrogen (secondary N) is 1. The molecule has 1 heterocycles. The summed E-state index contributed by atoms with van der Waals surface area (Å²) in [6.45, 7) is 1.52. The van der Waals surface area contributed by atoms with Crippen molar-refractivity contribution in [3.05, 3.63) is 34.8 Å². The van der Waals surface area contributed by atoms with Gasteiger partial charge in [-0.15, -0.1) is 11.3 Å². The SMILES string of the molecule is CCS(=O)(=O)c1ccc(O)c(NC(=O)c2cscn2)c1. The van der Waals surface area contributed by atoms with Crippen LogP contribution in [0, 0.1) is 0 Å². The summed E-state index contributed by atoms with van der Waals surface area (Å²) in [5, 5.41) is 13.7. The standard InChI is InChI=1S/C12H12N2O4S2/c1-2-20(17,18)8-3-4-11(15)9(5-8)14-12(16)10-6-19-7-13-10/h3-7,15H,2H2,1H3,(H,14,16). The number of sulfone groups is 1. The van der Waals surface area contributed by atoms with Crippen LogP contribution in [0.2, 0.25) is 0 Å². The average Bonchev–Trinajstić information content (AvgIpc) is 2.95. The number of aromatic nitrogens is 1. The van der Waals surface area contributed by atoms with Crippen LogP contribution in [0.3, 0.4) is 0 Å². The quantitative estimate of drug-likeness (QED) is 0.840. The molecule has 0 saturated carbocycles. The van der Waals surface area contributed by atoms with E-state index in [1.165, 1.54) is 42.0 Å². The van der Waals surface area contributed by atoms with Gasteiger partial charge in [0.25, 0.3) is 5.91 Å². The Bertz CT molecular complexity index is 724. The van der Waals surface area contributed by atoms with E-state index < -0.39 is 15.7 Å². The van der Waals surface area contributed by atoms with Crippen molar-refractivity contribution < 1.29 is 18.3 Å². The fourth-order valence-corrected chi connectivity index (χ4v) is 2.92. The highest BCUT2D eigenvalue weighted by atomic mass is 32.2. The molecule has 6 nitrogen and oxygen atoms in total. The van der Waals surface area contributed by atoms with Crippen molar-refractivity contribution in [2.24, 2.45) is 0 Å². The zero-order valence-corrected chi connectivity index (χ0v) is 12.2. The Balaban J connectivity index is 2.33. The Hall–Kier alpha value is -1.93. The smallest absolute Gasteiger partial charge is 0.275 e. The summed E-state index contributed by atoms with van der Waals surface area (Å²) >= 11 is 1.26. The number of hydrogen-bond acceptors (Lipinski definition) is 6. The summed E-state index contributed by atoms with van der Waals surface area (Å²) in [6, 6.07) is 3.77. The molecule has 0 aliphatic rings. The molecule has 0 spiro atoms. The van der Waals surface area contributed by atoms with E-state index in [4.69, 9.17) is 0 Å². The lowest BCUT2D eigenvalue weighted by Crippen LogP contribution is -2.13. The van der Waals surface area contributed by atoms with Crippen LogP contribution in [-0.4, -0.2) is 30.2 Å². The van der Waals surface area contributed by atoms with Gasteiger partial charge in [0.05, 0.1) is 21.8 Å². The maximum Gasteiger partial charge on any atom is 0.275 e. The monoisotopic (exact) mass is 312 g/mol. The molecule has 1 amide bonds. The zero-order chi connectivity index (χ0) is 14.8. The van der Waals surface area contributed by atoms with Gasteiger partial charge >= 0.3 is 0 Å². The number of aromatic hydroxyl groups is 1. The Morgan fingerprint density at radius 2 is 2.20 bits per heavy atom. The number of hydrogen-bond donors (Lipinski definition) is 2. The minimum Gasteiger partial charge on any atom is -0.506 e. The van der Waals surface area contributed by atoms with Crippen molar-refractivity contribution >= 4 is 32.8 Å². The first kappa shape index (κ1) is 14.5. The molecule has 2 rings (SSSR count). The van der Waals surface area contributed by atoms with Crippen LogP contribution < -0.4 is 5.32 Å². The Morgan fingerprint density at radius 3 is 2.80 bits per heavy atom. The fraction of sp³-hybridized carbons (Fsp3) is 0.167. The lowest BCUT2D eigenvalue weighted by atomic mass is 10.3. The molecule has 1 aromatic carbocycles. The number of carbonyl (C=O) groups excluding carboxylic acids is 1. The van der Waals surface area contributed by atoms with Gasteiger partial charge in [0.2, 0.25) is 0 Å². The van der Waals surface area contributed by atoms with Crippen LogP contribution in [0.5, 0.6) is 5.75 Å². The molecule has 0 atom stereocenters. The molecule has 0 aliphatic heterocycles. The van der Waals surface area contributed by atoms with Crippen LogP contribution in [-0.2, 0) is 9.84 Å². The van der Waals surface area contributed by atoms with E-state index >= 15 is 0 Å². The molecule has 0 bridgehead atoms. The Labute approximate surface area is 120 Å². The highest BCUT2D eigenvalue weighted by Gasteiger charge is 2.16. The summed E-state index contributed by atoms with van der Waals surface area (Å²) in [6.07, 6.45) is 0. The van der Waals surface area contributed by atoms with E-state index in [1.54, 1.807) is 5.38 Å². The first-order valence-corrected chi connectivity index (χ1v) is 8.29. The Kier molecular flexibility index (Phi) is 4.05. The van der Waals surface area contributed by atoms with Gasteiger partial charge in [-0.1, -0.05) is 6.92 Å². The van der Waals surface area contributed by atoms with Crippen LogP contribution >= 0.6 is 11.3 Å². The van der Waals surface area contributed by atoms with E-state index in [0.29, 0.717) is 0 Å².